The Morgan fingerprint density at radius 1 is 1.09 bits per heavy atom. The zero-order valence-corrected chi connectivity index (χ0v) is 12.9. The van der Waals surface area contributed by atoms with Crippen molar-refractivity contribution in [1.29, 1.82) is 0 Å². The van der Waals surface area contributed by atoms with Crippen molar-refractivity contribution >= 4 is 5.91 Å². The van der Waals surface area contributed by atoms with Crippen molar-refractivity contribution in [2.75, 3.05) is 13.1 Å². The zero-order valence-electron chi connectivity index (χ0n) is 12.9. The third-order valence-electron chi connectivity index (χ3n) is 5.44. The molecular weight excluding hydrogens is 293 g/mol. The lowest BCUT2D eigenvalue weighted by molar-refractivity contribution is -0.144. The minimum atomic E-state index is -4.25. The monoisotopic (exact) mass is 318 g/mol. The smallest absolute Gasteiger partial charge is 0.352 e. The molecule has 0 radical (unpaired) electrons. The van der Waals surface area contributed by atoms with Gasteiger partial charge in [-0.25, -0.2) is 0 Å². The molecule has 2 saturated carbocycles. The lowest BCUT2D eigenvalue weighted by Gasteiger charge is -2.23. The van der Waals surface area contributed by atoms with E-state index in [1.165, 1.54) is 38.5 Å². The number of rotatable bonds is 5. The fourth-order valence-corrected chi connectivity index (χ4v) is 4.12. The number of nitrogens with zero attached hydrogens (tertiary/aromatic N) is 1. The van der Waals surface area contributed by atoms with Crippen molar-refractivity contribution in [3.63, 3.8) is 0 Å². The molecule has 22 heavy (non-hydrogen) atoms. The molecule has 3 nitrogen and oxygen atoms in total. The third-order valence-corrected chi connectivity index (χ3v) is 5.44. The van der Waals surface area contributed by atoms with Gasteiger partial charge >= 0.3 is 6.18 Å². The van der Waals surface area contributed by atoms with Gasteiger partial charge in [-0.1, -0.05) is 12.8 Å². The van der Waals surface area contributed by atoms with E-state index in [0.29, 0.717) is 17.9 Å². The Kier molecular flexibility index (Phi) is 4.67. The van der Waals surface area contributed by atoms with Crippen LogP contribution in [0, 0.1) is 11.8 Å². The summed E-state index contributed by atoms with van der Waals surface area (Å²) in [6.07, 6.45) is 1.70. The van der Waals surface area contributed by atoms with Crippen molar-refractivity contribution in [3.05, 3.63) is 0 Å². The van der Waals surface area contributed by atoms with E-state index < -0.39 is 24.9 Å². The fourth-order valence-electron chi connectivity index (χ4n) is 4.12. The summed E-state index contributed by atoms with van der Waals surface area (Å²) in [5, 5.41) is 2.90. The van der Waals surface area contributed by atoms with E-state index in [1.807, 2.05) is 0 Å². The Labute approximate surface area is 129 Å². The molecule has 0 aromatic heterocycles. The molecule has 3 rings (SSSR count). The van der Waals surface area contributed by atoms with Gasteiger partial charge in [0.05, 0.1) is 6.42 Å². The van der Waals surface area contributed by atoms with E-state index in [4.69, 9.17) is 0 Å². The maximum atomic E-state index is 12.2. The van der Waals surface area contributed by atoms with Gasteiger partial charge in [-0.05, 0) is 37.5 Å². The number of hydrogen-bond donors (Lipinski definition) is 1. The van der Waals surface area contributed by atoms with Crippen LogP contribution in [0.3, 0.4) is 0 Å². The minimum absolute atomic E-state index is 0.0498. The molecule has 3 fully saturated rings. The highest BCUT2D eigenvalue weighted by atomic mass is 19.4. The topological polar surface area (TPSA) is 32.3 Å². The van der Waals surface area contributed by atoms with Crippen molar-refractivity contribution in [3.8, 4) is 0 Å². The maximum absolute atomic E-state index is 12.2. The Bertz CT molecular complexity index is 403. The summed E-state index contributed by atoms with van der Waals surface area (Å²) < 4.78 is 36.7. The molecular formula is C16H25F3N2O. The lowest BCUT2D eigenvalue weighted by Crippen LogP contribution is -2.42. The first-order valence-electron chi connectivity index (χ1n) is 8.52. The molecule has 1 heterocycles. The number of likely N-dealkylation sites (tertiary alicyclic amines) is 1. The molecule has 2 atom stereocenters. The first kappa shape index (κ1) is 16.1. The number of carbonyl (C=O) groups is 1. The average molecular weight is 318 g/mol. The van der Waals surface area contributed by atoms with Crippen LogP contribution in [0.5, 0.6) is 0 Å². The van der Waals surface area contributed by atoms with Gasteiger partial charge in [0.1, 0.15) is 0 Å². The maximum Gasteiger partial charge on any atom is 0.389 e. The second kappa shape index (κ2) is 6.38. The van der Waals surface area contributed by atoms with Crippen LogP contribution in [-0.4, -0.2) is 42.2 Å². The molecule has 0 bridgehead atoms. The minimum Gasteiger partial charge on any atom is -0.352 e. The van der Waals surface area contributed by atoms with Gasteiger partial charge in [-0.2, -0.15) is 13.2 Å². The summed E-state index contributed by atoms with van der Waals surface area (Å²) in [7, 11) is 0. The van der Waals surface area contributed by atoms with Crippen LogP contribution in [0.25, 0.3) is 0 Å². The SMILES string of the molecule is O=C(CCC(F)(F)F)N[C@H]1CN(C2CCCC2)C[C@@H]1C1CC1. The molecule has 0 spiro atoms. The van der Waals surface area contributed by atoms with Gasteiger partial charge in [0.25, 0.3) is 0 Å². The summed E-state index contributed by atoms with van der Waals surface area (Å²) in [6.45, 7) is 1.84. The van der Waals surface area contributed by atoms with Crippen LogP contribution >= 0.6 is 0 Å². The molecule has 126 valence electrons. The molecule has 0 aromatic rings. The van der Waals surface area contributed by atoms with Crippen LogP contribution in [-0.2, 0) is 4.79 Å². The number of hydrogen-bond acceptors (Lipinski definition) is 2. The highest BCUT2D eigenvalue weighted by molar-refractivity contribution is 5.76. The molecule has 0 unspecified atom stereocenters. The third kappa shape index (κ3) is 4.15. The average Bonchev–Trinajstić information content (AvgIpc) is 2.98. The quantitative estimate of drug-likeness (QED) is 0.845. The number of amides is 1. The summed E-state index contributed by atoms with van der Waals surface area (Å²) in [5.74, 6) is 0.663. The Balaban J connectivity index is 1.53. The lowest BCUT2D eigenvalue weighted by atomic mass is 9.98. The van der Waals surface area contributed by atoms with Crippen LogP contribution in [0.4, 0.5) is 13.2 Å². The predicted molar refractivity (Wildman–Crippen MR) is 77.3 cm³/mol. The number of nitrogens with one attached hydrogen (secondary N) is 1. The highest BCUT2D eigenvalue weighted by Crippen LogP contribution is 2.43. The van der Waals surface area contributed by atoms with Crippen LogP contribution < -0.4 is 5.32 Å². The molecule has 0 aromatic carbocycles. The van der Waals surface area contributed by atoms with Gasteiger partial charge in [0, 0.05) is 31.6 Å². The summed E-state index contributed by atoms with van der Waals surface area (Å²) >= 11 is 0. The van der Waals surface area contributed by atoms with Crippen molar-refractivity contribution in [2.24, 2.45) is 11.8 Å². The standard InChI is InChI=1S/C16H25F3N2O/c17-16(18,19)8-7-15(22)20-14-10-21(12-3-1-2-4-12)9-13(14)11-5-6-11/h11-14H,1-10H2,(H,20,22)/t13-,14+/m1/s1. The zero-order chi connectivity index (χ0) is 15.7. The summed E-state index contributed by atoms with van der Waals surface area (Å²) in [4.78, 5) is 14.3. The van der Waals surface area contributed by atoms with E-state index in [2.05, 4.69) is 10.2 Å². The number of alkyl halides is 3. The predicted octanol–water partition coefficient (Wildman–Crippen LogP) is 3.10. The van der Waals surface area contributed by atoms with E-state index in [1.54, 1.807) is 0 Å². The van der Waals surface area contributed by atoms with Crippen molar-refractivity contribution < 1.29 is 18.0 Å². The summed E-state index contributed by atoms with van der Waals surface area (Å²) in [5.41, 5.74) is 0. The summed E-state index contributed by atoms with van der Waals surface area (Å²) in [6, 6.07) is 0.673. The Hall–Kier alpha value is -0.780. The van der Waals surface area contributed by atoms with Gasteiger partial charge < -0.3 is 5.32 Å². The number of carbonyl (C=O) groups excluding carboxylic acids is 1. The Morgan fingerprint density at radius 2 is 1.77 bits per heavy atom. The van der Waals surface area contributed by atoms with Crippen LogP contribution in [0.1, 0.15) is 51.4 Å². The molecule has 1 aliphatic heterocycles. The fraction of sp³-hybridized carbons (Fsp3) is 0.938. The van der Waals surface area contributed by atoms with Gasteiger partial charge in [0.2, 0.25) is 5.91 Å². The first-order chi connectivity index (χ1) is 10.4. The van der Waals surface area contributed by atoms with Crippen molar-refractivity contribution in [1.82, 2.24) is 10.2 Å². The molecule has 6 heteroatoms. The van der Waals surface area contributed by atoms with Crippen molar-refractivity contribution in [2.45, 2.75) is 69.6 Å². The van der Waals surface area contributed by atoms with E-state index in [-0.39, 0.29) is 6.04 Å². The number of halogens is 3. The first-order valence-corrected chi connectivity index (χ1v) is 8.52. The molecule has 3 aliphatic rings. The normalized spacial score (nSPS) is 30.9. The largest absolute Gasteiger partial charge is 0.389 e. The second-order valence-electron chi connectivity index (χ2n) is 7.18. The van der Waals surface area contributed by atoms with Gasteiger partial charge in [-0.3, -0.25) is 9.69 Å². The second-order valence-corrected chi connectivity index (χ2v) is 7.18. The Morgan fingerprint density at radius 3 is 2.36 bits per heavy atom. The van der Waals surface area contributed by atoms with E-state index >= 15 is 0 Å². The van der Waals surface area contributed by atoms with E-state index in [9.17, 15) is 18.0 Å². The molecule has 1 saturated heterocycles. The van der Waals surface area contributed by atoms with Gasteiger partial charge in [-0.15, -0.1) is 0 Å². The molecule has 2 aliphatic carbocycles. The molecule has 1 N–H and O–H groups in total. The van der Waals surface area contributed by atoms with E-state index in [0.717, 1.165) is 13.1 Å². The van der Waals surface area contributed by atoms with Crippen LogP contribution in [0.2, 0.25) is 0 Å². The van der Waals surface area contributed by atoms with Gasteiger partial charge in [0.15, 0.2) is 0 Å². The highest BCUT2D eigenvalue weighted by Gasteiger charge is 2.44. The molecule has 1 amide bonds. The van der Waals surface area contributed by atoms with Crippen LogP contribution in [0.15, 0.2) is 0 Å².